The van der Waals surface area contributed by atoms with Gasteiger partial charge in [0.2, 0.25) is 5.91 Å². The molecule has 2 aromatic carbocycles. The van der Waals surface area contributed by atoms with Gasteiger partial charge in [-0.05, 0) is 41.7 Å². The first kappa shape index (κ1) is 19.6. The lowest BCUT2D eigenvalue weighted by molar-refractivity contribution is -0.138. The van der Waals surface area contributed by atoms with Gasteiger partial charge in [-0.2, -0.15) is 0 Å². The molecule has 0 aliphatic heterocycles. The third-order valence-corrected chi connectivity index (χ3v) is 4.70. The van der Waals surface area contributed by atoms with Crippen LogP contribution in [0.2, 0.25) is 0 Å². The molecule has 5 nitrogen and oxygen atoms in total. The molecule has 28 heavy (non-hydrogen) atoms. The van der Waals surface area contributed by atoms with E-state index in [1.54, 1.807) is 13.0 Å². The van der Waals surface area contributed by atoms with Crippen molar-refractivity contribution in [1.82, 2.24) is 10.3 Å². The molecule has 1 heterocycles. The van der Waals surface area contributed by atoms with Crippen molar-refractivity contribution in [1.29, 1.82) is 0 Å². The smallest absolute Gasteiger partial charge is 0.303 e. The second-order valence-corrected chi connectivity index (χ2v) is 7.04. The van der Waals surface area contributed by atoms with Gasteiger partial charge in [0.15, 0.2) is 0 Å². The van der Waals surface area contributed by atoms with Crippen LogP contribution < -0.4 is 5.32 Å². The zero-order valence-corrected chi connectivity index (χ0v) is 15.7. The van der Waals surface area contributed by atoms with Gasteiger partial charge >= 0.3 is 5.97 Å². The Kier molecular flexibility index (Phi) is 6.09. The average Bonchev–Trinajstić information content (AvgIpc) is 3.02. The van der Waals surface area contributed by atoms with E-state index in [9.17, 15) is 14.0 Å². The van der Waals surface area contributed by atoms with Crippen molar-refractivity contribution >= 4 is 22.8 Å². The summed E-state index contributed by atoms with van der Waals surface area (Å²) in [5.41, 5.74) is 3.58. The first-order valence-corrected chi connectivity index (χ1v) is 9.28. The Labute approximate surface area is 162 Å². The second kappa shape index (κ2) is 8.69. The van der Waals surface area contributed by atoms with E-state index in [1.807, 2.05) is 30.3 Å². The molecule has 3 N–H and O–H groups in total. The maximum atomic E-state index is 13.8. The van der Waals surface area contributed by atoms with Crippen molar-refractivity contribution in [2.45, 2.75) is 26.2 Å². The largest absolute Gasteiger partial charge is 0.481 e. The number of amides is 1. The van der Waals surface area contributed by atoms with Crippen LogP contribution in [0.25, 0.3) is 22.2 Å². The molecule has 6 heteroatoms. The van der Waals surface area contributed by atoms with E-state index in [4.69, 9.17) is 5.11 Å². The van der Waals surface area contributed by atoms with Crippen LogP contribution in [-0.4, -0.2) is 28.5 Å². The molecule has 1 aromatic heterocycles. The van der Waals surface area contributed by atoms with Crippen LogP contribution in [0.15, 0.2) is 48.5 Å². The van der Waals surface area contributed by atoms with Gasteiger partial charge in [-0.15, -0.1) is 0 Å². The lowest BCUT2D eigenvalue weighted by atomic mass is 10.0. The van der Waals surface area contributed by atoms with Crippen LogP contribution in [0.3, 0.4) is 0 Å². The normalized spacial score (nSPS) is 12.1. The number of aromatic amines is 1. The molecule has 1 amide bonds. The molecule has 1 unspecified atom stereocenters. The summed E-state index contributed by atoms with van der Waals surface area (Å²) in [7, 11) is 0. The minimum absolute atomic E-state index is 0.0140. The van der Waals surface area contributed by atoms with E-state index < -0.39 is 5.97 Å². The van der Waals surface area contributed by atoms with Crippen molar-refractivity contribution in [2.24, 2.45) is 5.92 Å². The third-order valence-electron chi connectivity index (χ3n) is 4.70. The number of carbonyl (C=O) groups excluding carboxylic acids is 1. The summed E-state index contributed by atoms with van der Waals surface area (Å²) in [6.45, 7) is 2.10. The number of aliphatic carboxylic acids is 1. The second-order valence-electron chi connectivity index (χ2n) is 7.04. The molecule has 0 spiro atoms. The van der Waals surface area contributed by atoms with Gasteiger partial charge in [-0.25, -0.2) is 4.39 Å². The van der Waals surface area contributed by atoms with Crippen molar-refractivity contribution < 1.29 is 19.1 Å². The first-order chi connectivity index (χ1) is 13.4. The summed E-state index contributed by atoms with van der Waals surface area (Å²) in [5, 5.41) is 12.3. The van der Waals surface area contributed by atoms with Crippen LogP contribution in [0.1, 0.15) is 25.3 Å². The van der Waals surface area contributed by atoms with Crippen LogP contribution in [0.4, 0.5) is 4.39 Å². The molecular formula is C22H23FN2O3. The summed E-state index contributed by atoms with van der Waals surface area (Å²) in [6, 6.07) is 14.3. The van der Waals surface area contributed by atoms with E-state index in [-0.39, 0.29) is 30.5 Å². The number of H-pyrrole nitrogens is 1. The van der Waals surface area contributed by atoms with Gasteiger partial charge in [0.05, 0.1) is 0 Å². The monoisotopic (exact) mass is 382 g/mol. The Morgan fingerprint density at radius 2 is 1.93 bits per heavy atom. The van der Waals surface area contributed by atoms with E-state index in [2.05, 4.69) is 10.3 Å². The highest BCUT2D eigenvalue weighted by Crippen LogP contribution is 2.31. The number of carbonyl (C=O) groups is 2. The summed E-state index contributed by atoms with van der Waals surface area (Å²) in [4.78, 5) is 26.3. The number of hydrogen-bond acceptors (Lipinski definition) is 2. The predicted molar refractivity (Wildman–Crippen MR) is 106 cm³/mol. The number of benzene rings is 2. The molecule has 3 rings (SSSR count). The predicted octanol–water partition coefficient (Wildman–Crippen LogP) is 4.13. The lowest BCUT2D eigenvalue weighted by Gasteiger charge is -2.11. The lowest BCUT2D eigenvalue weighted by Crippen LogP contribution is -2.29. The highest BCUT2D eigenvalue weighted by molar-refractivity contribution is 5.91. The minimum Gasteiger partial charge on any atom is -0.481 e. The Morgan fingerprint density at radius 3 is 2.64 bits per heavy atom. The molecule has 146 valence electrons. The third kappa shape index (κ3) is 4.76. The summed E-state index contributed by atoms with van der Waals surface area (Å²) in [6.07, 6.45) is 0.704. The van der Waals surface area contributed by atoms with Crippen molar-refractivity contribution in [2.75, 3.05) is 6.54 Å². The Bertz CT molecular complexity index is 982. The topological polar surface area (TPSA) is 82.2 Å². The molecule has 1 atom stereocenters. The van der Waals surface area contributed by atoms with Gasteiger partial charge in [-0.3, -0.25) is 9.59 Å². The number of aromatic nitrogens is 1. The summed E-state index contributed by atoms with van der Waals surface area (Å²) >= 11 is 0. The molecular weight excluding hydrogens is 359 g/mol. The molecule has 0 saturated heterocycles. The Hall–Kier alpha value is -3.15. The van der Waals surface area contributed by atoms with Crippen molar-refractivity contribution in [3.8, 4) is 11.3 Å². The Morgan fingerprint density at radius 1 is 1.18 bits per heavy atom. The maximum absolute atomic E-state index is 13.8. The minimum atomic E-state index is -0.880. The number of fused-ring (bicyclic) bond motifs is 1. The SMILES string of the molecule is CC(CNC(=O)CCc1c(-c2ccccc2)[nH]c2ccc(F)cc12)CC(=O)O. The van der Waals surface area contributed by atoms with E-state index in [0.29, 0.717) is 13.0 Å². The number of carboxylic acids is 1. The fourth-order valence-corrected chi connectivity index (χ4v) is 3.32. The van der Waals surface area contributed by atoms with Crippen LogP contribution in [0.5, 0.6) is 0 Å². The van der Waals surface area contributed by atoms with Crippen LogP contribution in [0, 0.1) is 11.7 Å². The van der Waals surface area contributed by atoms with Crippen LogP contribution >= 0.6 is 0 Å². The molecule has 0 aliphatic carbocycles. The molecule has 0 radical (unpaired) electrons. The highest BCUT2D eigenvalue weighted by atomic mass is 19.1. The fourth-order valence-electron chi connectivity index (χ4n) is 3.32. The zero-order chi connectivity index (χ0) is 20.1. The molecule has 0 aliphatic rings. The number of aryl methyl sites for hydroxylation is 1. The number of carboxylic acid groups (broad SMARTS) is 1. The summed E-state index contributed by atoms with van der Waals surface area (Å²) in [5.74, 6) is -1.49. The average molecular weight is 382 g/mol. The van der Waals surface area contributed by atoms with Gasteiger partial charge in [0, 0.05) is 36.0 Å². The first-order valence-electron chi connectivity index (χ1n) is 9.28. The number of hydrogen-bond donors (Lipinski definition) is 3. The Balaban J connectivity index is 1.77. The van der Waals surface area contributed by atoms with E-state index in [1.165, 1.54) is 12.1 Å². The highest BCUT2D eigenvalue weighted by Gasteiger charge is 2.16. The van der Waals surface area contributed by atoms with Crippen molar-refractivity contribution in [3.63, 3.8) is 0 Å². The summed E-state index contributed by atoms with van der Waals surface area (Å²) < 4.78 is 13.8. The molecule has 3 aromatic rings. The van der Waals surface area contributed by atoms with Gasteiger partial charge in [-0.1, -0.05) is 37.3 Å². The maximum Gasteiger partial charge on any atom is 0.303 e. The standard InChI is InChI=1S/C22H23FN2O3/c1-14(11-21(27)28)13-24-20(26)10-8-17-18-12-16(23)7-9-19(18)25-22(17)15-5-3-2-4-6-15/h2-7,9,12,14,25H,8,10-11,13H2,1H3,(H,24,26)(H,27,28). The van der Waals surface area contributed by atoms with Gasteiger partial charge < -0.3 is 15.4 Å². The van der Waals surface area contributed by atoms with E-state index >= 15 is 0 Å². The fraction of sp³-hybridized carbons (Fsp3) is 0.273. The van der Waals surface area contributed by atoms with Gasteiger partial charge in [0.1, 0.15) is 5.82 Å². The van der Waals surface area contributed by atoms with Crippen molar-refractivity contribution in [3.05, 3.63) is 59.9 Å². The van der Waals surface area contributed by atoms with Gasteiger partial charge in [0.25, 0.3) is 0 Å². The van der Waals surface area contributed by atoms with Crippen LogP contribution in [-0.2, 0) is 16.0 Å². The molecule has 0 saturated carbocycles. The number of nitrogens with one attached hydrogen (secondary N) is 2. The number of halogens is 1. The van der Waals surface area contributed by atoms with E-state index in [0.717, 1.165) is 27.7 Å². The zero-order valence-electron chi connectivity index (χ0n) is 15.7. The molecule has 0 bridgehead atoms. The quantitative estimate of drug-likeness (QED) is 0.548. The molecule has 0 fully saturated rings. The number of rotatable bonds is 8.